The number of halogens is 4. The molecule has 1 heterocycles. The molecule has 2 aromatic rings. The van der Waals surface area contributed by atoms with E-state index in [0.29, 0.717) is 5.39 Å². The van der Waals surface area contributed by atoms with Crippen molar-refractivity contribution in [3.05, 3.63) is 35.0 Å². The van der Waals surface area contributed by atoms with Crippen molar-refractivity contribution in [3.63, 3.8) is 0 Å². The summed E-state index contributed by atoms with van der Waals surface area (Å²) < 4.78 is 37.2. The van der Waals surface area contributed by atoms with Gasteiger partial charge >= 0.3 is 6.18 Å². The smallest absolute Gasteiger partial charge is 0.396 e. The Morgan fingerprint density at radius 2 is 1.94 bits per heavy atom. The van der Waals surface area contributed by atoms with Gasteiger partial charge in [0, 0.05) is 5.39 Å². The number of fused-ring (bicyclic) bond motifs is 1. The average Bonchev–Trinajstić information content (AvgIpc) is 2.22. The van der Waals surface area contributed by atoms with Crippen molar-refractivity contribution < 1.29 is 13.2 Å². The monoisotopic (exact) mass is 246 g/mol. The van der Waals surface area contributed by atoms with E-state index in [-0.39, 0.29) is 16.2 Å². The largest absolute Gasteiger partial charge is 0.416 e. The maximum absolute atomic E-state index is 12.4. The second kappa shape index (κ2) is 3.52. The molecule has 16 heavy (non-hydrogen) atoms. The lowest BCUT2D eigenvalue weighted by molar-refractivity contribution is -0.137. The molecule has 1 aromatic carbocycles. The standard InChI is InChI=1S/C10H6ClF3N2/c11-9-6-2-1-5(10(12,13)14)3-8(6)16-4-7(9)15/h1-4H,15H2. The van der Waals surface area contributed by atoms with Gasteiger partial charge in [0.2, 0.25) is 0 Å². The number of benzene rings is 1. The van der Waals surface area contributed by atoms with Crippen LogP contribution in [0.15, 0.2) is 24.4 Å². The Morgan fingerprint density at radius 1 is 1.25 bits per heavy atom. The number of pyridine rings is 1. The molecule has 0 fully saturated rings. The molecule has 6 heteroatoms. The molecule has 0 amide bonds. The second-order valence-corrected chi connectivity index (χ2v) is 3.64. The van der Waals surface area contributed by atoms with Crippen LogP contribution in [0.4, 0.5) is 18.9 Å². The van der Waals surface area contributed by atoms with Gasteiger partial charge in [0.05, 0.1) is 28.0 Å². The highest BCUT2D eigenvalue weighted by Crippen LogP contribution is 2.33. The molecule has 0 saturated carbocycles. The van der Waals surface area contributed by atoms with Crippen LogP contribution in [-0.4, -0.2) is 4.98 Å². The minimum absolute atomic E-state index is 0.175. The topological polar surface area (TPSA) is 38.9 Å². The van der Waals surface area contributed by atoms with Crippen molar-refractivity contribution in [2.45, 2.75) is 6.18 Å². The minimum Gasteiger partial charge on any atom is -0.396 e. The summed E-state index contributed by atoms with van der Waals surface area (Å²) >= 11 is 5.85. The first kappa shape index (κ1) is 11.0. The summed E-state index contributed by atoms with van der Waals surface area (Å²) in [6.07, 6.45) is -3.14. The van der Waals surface area contributed by atoms with Gasteiger partial charge in [0.1, 0.15) is 0 Å². The lowest BCUT2D eigenvalue weighted by atomic mass is 10.1. The minimum atomic E-state index is -4.39. The molecule has 0 spiro atoms. The van der Waals surface area contributed by atoms with Crippen LogP contribution in [0.1, 0.15) is 5.56 Å². The van der Waals surface area contributed by atoms with Crippen molar-refractivity contribution in [2.75, 3.05) is 5.73 Å². The number of anilines is 1. The molecule has 0 aliphatic rings. The van der Waals surface area contributed by atoms with E-state index in [0.717, 1.165) is 12.1 Å². The van der Waals surface area contributed by atoms with Gasteiger partial charge in [-0.25, -0.2) is 0 Å². The van der Waals surface area contributed by atoms with Gasteiger partial charge in [0.25, 0.3) is 0 Å². The molecular formula is C10H6ClF3N2. The number of alkyl halides is 3. The SMILES string of the molecule is Nc1cnc2cc(C(F)(F)F)ccc2c1Cl. The fraction of sp³-hybridized carbons (Fsp3) is 0.100. The Kier molecular flexibility index (Phi) is 2.42. The third-order valence-corrected chi connectivity index (χ3v) is 2.58. The zero-order valence-electron chi connectivity index (χ0n) is 7.85. The first-order valence-corrected chi connectivity index (χ1v) is 4.68. The summed E-state index contributed by atoms with van der Waals surface area (Å²) in [6.45, 7) is 0. The van der Waals surface area contributed by atoms with Gasteiger partial charge in [-0.2, -0.15) is 13.2 Å². The number of aromatic nitrogens is 1. The maximum atomic E-state index is 12.4. The predicted octanol–water partition coefficient (Wildman–Crippen LogP) is 3.49. The fourth-order valence-electron chi connectivity index (χ4n) is 1.35. The molecule has 2 rings (SSSR count). The predicted molar refractivity (Wildman–Crippen MR) is 56.2 cm³/mol. The van der Waals surface area contributed by atoms with E-state index < -0.39 is 11.7 Å². The zero-order chi connectivity index (χ0) is 11.9. The van der Waals surface area contributed by atoms with E-state index in [1.54, 1.807) is 0 Å². The number of nitrogens with two attached hydrogens (primary N) is 1. The van der Waals surface area contributed by atoms with Crippen LogP contribution in [0.25, 0.3) is 10.9 Å². The van der Waals surface area contributed by atoms with E-state index >= 15 is 0 Å². The number of hydrogen-bond acceptors (Lipinski definition) is 2. The van der Waals surface area contributed by atoms with Crippen molar-refractivity contribution in [2.24, 2.45) is 0 Å². The molecule has 0 aliphatic heterocycles. The molecular weight excluding hydrogens is 241 g/mol. The van der Waals surface area contributed by atoms with Gasteiger partial charge in [-0.3, -0.25) is 4.98 Å². The van der Waals surface area contributed by atoms with Gasteiger partial charge in [-0.15, -0.1) is 0 Å². The lowest BCUT2D eigenvalue weighted by Crippen LogP contribution is -2.04. The maximum Gasteiger partial charge on any atom is 0.416 e. The van der Waals surface area contributed by atoms with Crippen molar-refractivity contribution >= 4 is 28.2 Å². The molecule has 0 bridgehead atoms. The van der Waals surface area contributed by atoms with E-state index in [9.17, 15) is 13.2 Å². The summed E-state index contributed by atoms with van der Waals surface area (Å²) in [5.74, 6) is 0. The van der Waals surface area contributed by atoms with Gasteiger partial charge in [0.15, 0.2) is 0 Å². The number of rotatable bonds is 0. The van der Waals surface area contributed by atoms with Crippen molar-refractivity contribution in [1.82, 2.24) is 4.98 Å². The number of nitrogen functional groups attached to an aromatic ring is 1. The Bertz CT molecular complexity index is 551. The zero-order valence-corrected chi connectivity index (χ0v) is 8.60. The highest BCUT2D eigenvalue weighted by Gasteiger charge is 2.30. The summed E-state index contributed by atoms with van der Waals surface area (Å²) in [4.78, 5) is 3.81. The van der Waals surface area contributed by atoms with Crippen LogP contribution in [0.5, 0.6) is 0 Å². The molecule has 0 saturated heterocycles. The van der Waals surface area contributed by atoms with Crippen LogP contribution >= 0.6 is 11.6 Å². The molecule has 0 radical (unpaired) electrons. The highest BCUT2D eigenvalue weighted by molar-refractivity contribution is 6.37. The summed E-state index contributed by atoms with van der Waals surface area (Å²) in [5, 5.41) is 0.633. The molecule has 1 aromatic heterocycles. The summed E-state index contributed by atoms with van der Waals surface area (Å²) in [6, 6.07) is 3.17. The molecule has 2 nitrogen and oxygen atoms in total. The van der Waals surface area contributed by atoms with Crippen LogP contribution < -0.4 is 5.73 Å². The van der Waals surface area contributed by atoms with E-state index in [1.165, 1.54) is 12.3 Å². The van der Waals surface area contributed by atoms with E-state index in [4.69, 9.17) is 17.3 Å². The first-order chi connectivity index (χ1) is 7.39. The van der Waals surface area contributed by atoms with Crippen LogP contribution in [-0.2, 0) is 6.18 Å². The Balaban J connectivity index is 2.70. The lowest BCUT2D eigenvalue weighted by Gasteiger charge is -2.08. The normalized spacial score (nSPS) is 12.0. The van der Waals surface area contributed by atoms with Gasteiger partial charge < -0.3 is 5.73 Å². The summed E-state index contributed by atoms with van der Waals surface area (Å²) in [7, 11) is 0. The second-order valence-electron chi connectivity index (χ2n) is 3.26. The Morgan fingerprint density at radius 3 is 2.56 bits per heavy atom. The van der Waals surface area contributed by atoms with E-state index in [1.807, 2.05) is 0 Å². The summed E-state index contributed by atoms with van der Waals surface area (Å²) in [5.41, 5.74) is 5.16. The third-order valence-electron chi connectivity index (χ3n) is 2.16. The molecule has 84 valence electrons. The third kappa shape index (κ3) is 1.78. The van der Waals surface area contributed by atoms with Crippen LogP contribution in [0.2, 0.25) is 5.02 Å². The number of nitrogens with zero attached hydrogens (tertiary/aromatic N) is 1. The Labute approximate surface area is 93.8 Å². The van der Waals surface area contributed by atoms with E-state index in [2.05, 4.69) is 4.98 Å². The quantitative estimate of drug-likeness (QED) is 0.773. The van der Waals surface area contributed by atoms with Crippen molar-refractivity contribution in [3.8, 4) is 0 Å². The van der Waals surface area contributed by atoms with Gasteiger partial charge in [-0.05, 0) is 12.1 Å². The van der Waals surface area contributed by atoms with Crippen molar-refractivity contribution in [1.29, 1.82) is 0 Å². The highest BCUT2D eigenvalue weighted by atomic mass is 35.5. The van der Waals surface area contributed by atoms with Gasteiger partial charge in [-0.1, -0.05) is 17.7 Å². The average molecular weight is 247 g/mol. The molecule has 0 atom stereocenters. The molecule has 0 unspecified atom stereocenters. The molecule has 0 aliphatic carbocycles. The van der Waals surface area contributed by atoms with Crippen LogP contribution in [0, 0.1) is 0 Å². The first-order valence-electron chi connectivity index (χ1n) is 4.30. The van der Waals surface area contributed by atoms with Crippen LogP contribution in [0.3, 0.4) is 0 Å². The molecule has 2 N–H and O–H groups in total. The fourth-order valence-corrected chi connectivity index (χ4v) is 1.56. The number of hydrogen-bond donors (Lipinski definition) is 1. The Hall–Kier alpha value is -1.49.